The number of halogens is 1. The second kappa shape index (κ2) is 17.5. The summed E-state index contributed by atoms with van der Waals surface area (Å²) in [6, 6.07) is 6.75. The van der Waals surface area contributed by atoms with Gasteiger partial charge in [-0.15, -0.1) is 0 Å². The van der Waals surface area contributed by atoms with Crippen LogP contribution in [0.5, 0.6) is 5.75 Å². The van der Waals surface area contributed by atoms with Crippen LogP contribution in [-0.2, 0) is 19.1 Å². The Morgan fingerprint density at radius 2 is 1.98 bits per heavy atom. The van der Waals surface area contributed by atoms with Crippen LogP contribution in [0.1, 0.15) is 59.8 Å². The monoisotopic (exact) mass is 700 g/mol. The van der Waals surface area contributed by atoms with E-state index in [4.69, 9.17) is 14.2 Å². The molecule has 3 rings (SSSR count). The van der Waals surface area contributed by atoms with Gasteiger partial charge in [-0.1, -0.05) is 39.3 Å². The SMILES string of the molecule is CCOCCCN(C(=O)CO[C@H]1C[C@@H](C)CC[C@@H]1C(C)C)[C@@H]1CC(C(=O)NCCO)=C[C@H](Oc2ccccc2I)[C@H]1O. The molecule has 10 heteroatoms. The molecule has 1 saturated carbocycles. The highest BCUT2D eigenvalue weighted by molar-refractivity contribution is 14.1. The summed E-state index contributed by atoms with van der Waals surface area (Å²) in [5.41, 5.74) is 0.402. The smallest absolute Gasteiger partial charge is 0.248 e. The topological polar surface area (TPSA) is 118 Å². The Balaban J connectivity index is 1.85. The Hall–Kier alpha value is -1.73. The lowest BCUT2D eigenvalue weighted by atomic mass is 9.75. The molecule has 42 heavy (non-hydrogen) atoms. The van der Waals surface area contributed by atoms with Crippen LogP contribution in [0.25, 0.3) is 0 Å². The van der Waals surface area contributed by atoms with Crippen molar-refractivity contribution in [2.45, 2.75) is 84.2 Å². The number of aliphatic hydroxyl groups is 2. The maximum absolute atomic E-state index is 13.9. The molecule has 2 aliphatic rings. The normalized spacial score (nSPS) is 26.0. The lowest BCUT2D eigenvalue weighted by Crippen LogP contribution is -2.56. The molecule has 1 aromatic carbocycles. The largest absolute Gasteiger partial charge is 0.482 e. The van der Waals surface area contributed by atoms with E-state index in [1.807, 2.05) is 31.2 Å². The summed E-state index contributed by atoms with van der Waals surface area (Å²) in [6.45, 7) is 9.79. The molecule has 0 spiro atoms. The number of rotatable bonds is 15. The van der Waals surface area contributed by atoms with E-state index in [1.54, 1.807) is 11.0 Å². The molecule has 1 fully saturated rings. The van der Waals surface area contributed by atoms with E-state index in [0.717, 1.165) is 16.4 Å². The molecule has 236 valence electrons. The summed E-state index contributed by atoms with van der Waals surface area (Å²) < 4.78 is 19.0. The summed E-state index contributed by atoms with van der Waals surface area (Å²) in [4.78, 5) is 28.6. The molecule has 0 aromatic heterocycles. The van der Waals surface area contributed by atoms with Crippen molar-refractivity contribution in [3.63, 3.8) is 0 Å². The molecule has 0 unspecified atom stereocenters. The van der Waals surface area contributed by atoms with Gasteiger partial charge < -0.3 is 34.6 Å². The van der Waals surface area contributed by atoms with E-state index in [2.05, 4.69) is 48.7 Å². The van der Waals surface area contributed by atoms with Gasteiger partial charge in [-0.2, -0.15) is 0 Å². The van der Waals surface area contributed by atoms with Gasteiger partial charge in [0, 0.05) is 38.3 Å². The molecule has 0 radical (unpaired) electrons. The molecule has 2 amide bonds. The van der Waals surface area contributed by atoms with Gasteiger partial charge in [0.1, 0.15) is 24.6 Å². The zero-order chi connectivity index (χ0) is 30.6. The number of carbonyl (C=O) groups is 2. The molecular formula is C32H49IN2O7. The average Bonchev–Trinajstić information content (AvgIpc) is 2.97. The molecule has 3 N–H and O–H groups in total. The number of carbonyl (C=O) groups excluding carboxylic acids is 2. The third-order valence-corrected chi connectivity index (χ3v) is 9.20. The first-order chi connectivity index (χ1) is 20.2. The van der Waals surface area contributed by atoms with Crippen LogP contribution in [0.4, 0.5) is 0 Å². The third-order valence-electron chi connectivity index (χ3n) is 8.31. The van der Waals surface area contributed by atoms with Crippen molar-refractivity contribution < 1.29 is 34.0 Å². The second-order valence-corrected chi connectivity index (χ2v) is 12.9. The number of hydrogen-bond donors (Lipinski definition) is 3. The fourth-order valence-corrected chi connectivity index (χ4v) is 6.51. The number of nitrogens with zero attached hydrogens (tertiary/aromatic N) is 1. The molecule has 0 saturated heterocycles. The number of aliphatic hydroxyl groups excluding tert-OH is 2. The summed E-state index contributed by atoms with van der Waals surface area (Å²) in [6.07, 6.45) is 3.62. The lowest BCUT2D eigenvalue weighted by molar-refractivity contribution is -0.148. The van der Waals surface area contributed by atoms with E-state index >= 15 is 0 Å². The zero-order valence-electron chi connectivity index (χ0n) is 25.5. The van der Waals surface area contributed by atoms with Gasteiger partial charge in [0.15, 0.2) is 0 Å². The summed E-state index contributed by atoms with van der Waals surface area (Å²) in [5, 5.41) is 23.6. The van der Waals surface area contributed by atoms with Crippen LogP contribution in [0, 0.1) is 21.3 Å². The van der Waals surface area contributed by atoms with Crippen molar-refractivity contribution >= 4 is 34.4 Å². The van der Waals surface area contributed by atoms with Gasteiger partial charge in [-0.05, 0) is 84.7 Å². The first-order valence-electron chi connectivity index (χ1n) is 15.3. The highest BCUT2D eigenvalue weighted by Crippen LogP contribution is 2.35. The Morgan fingerprint density at radius 1 is 1.21 bits per heavy atom. The third kappa shape index (κ3) is 9.90. The van der Waals surface area contributed by atoms with E-state index in [0.29, 0.717) is 55.3 Å². The van der Waals surface area contributed by atoms with Gasteiger partial charge in [-0.3, -0.25) is 9.59 Å². The lowest BCUT2D eigenvalue weighted by Gasteiger charge is -2.41. The van der Waals surface area contributed by atoms with Crippen LogP contribution in [-0.4, -0.2) is 90.8 Å². The van der Waals surface area contributed by atoms with E-state index in [9.17, 15) is 19.8 Å². The van der Waals surface area contributed by atoms with E-state index in [1.165, 1.54) is 6.42 Å². The Kier molecular flexibility index (Phi) is 14.5. The number of para-hydroxylation sites is 1. The average molecular weight is 701 g/mol. The van der Waals surface area contributed by atoms with E-state index < -0.39 is 18.2 Å². The number of amides is 2. The predicted molar refractivity (Wildman–Crippen MR) is 170 cm³/mol. The maximum atomic E-state index is 13.9. The Morgan fingerprint density at radius 3 is 2.67 bits per heavy atom. The van der Waals surface area contributed by atoms with Gasteiger partial charge in [0.25, 0.3) is 0 Å². The highest BCUT2D eigenvalue weighted by atomic mass is 127. The van der Waals surface area contributed by atoms with Crippen molar-refractivity contribution in [1.29, 1.82) is 0 Å². The van der Waals surface area contributed by atoms with Gasteiger partial charge in [0.05, 0.1) is 22.3 Å². The van der Waals surface area contributed by atoms with Crippen molar-refractivity contribution in [2.24, 2.45) is 17.8 Å². The highest BCUT2D eigenvalue weighted by Gasteiger charge is 2.41. The molecule has 9 nitrogen and oxygen atoms in total. The molecule has 0 heterocycles. The quantitative estimate of drug-likeness (QED) is 0.188. The summed E-state index contributed by atoms with van der Waals surface area (Å²) >= 11 is 2.17. The molecule has 2 aliphatic carbocycles. The van der Waals surface area contributed by atoms with Gasteiger partial charge in [0.2, 0.25) is 11.8 Å². The standard InChI is InChI=1S/C32H49IN2O7/c1-5-40-16-8-14-35(30(37)20-41-28-17-22(4)11-12-24(28)21(2)3)26-18-23(32(39)34-13-15-36)19-29(31(26)38)42-27-10-7-6-9-25(27)33/h6-7,9-10,19,21-22,24,26,28-29,31,36,38H,5,8,11-18,20H2,1-4H3,(H,34,39)/t22-,24+,26+,28-,29-,31-/m0/s1. The minimum absolute atomic E-state index is 0.00945. The van der Waals surface area contributed by atoms with Crippen LogP contribution < -0.4 is 10.1 Å². The van der Waals surface area contributed by atoms with Crippen LogP contribution in [0.2, 0.25) is 0 Å². The van der Waals surface area contributed by atoms with Crippen molar-refractivity contribution in [3.05, 3.63) is 39.5 Å². The molecule has 6 atom stereocenters. The van der Waals surface area contributed by atoms with Gasteiger partial charge >= 0.3 is 0 Å². The Bertz CT molecular complexity index is 1040. The minimum atomic E-state index is -1.08. The number of ether oxygens (including phenoxy) is 3. The zero-order valence-corrected chi connectivity index (χ0v) is 27.6. The first kappa shape index (κ1) is 34.8. The molecule has 1 aromatic rings. The molecule has 0 aliphatic heterocycles. The first-order valence-corrected chi connectivity index (χ1v) is 16.4. The number of nitrogens with one attached hydrogen (secondary N) is 1. The summed E-state index contributed by atoms with van der Waals surface area (Å²) in [5.74, 6) is 1.41. The van der Waals surface area contributed by atoms with Crippen molar-refractivity contribution in [1.82, 2.24) is 10.2 Å². The summed E-state index contributed by atoms with van der Waals surface area (Å²) in [7, 11) is 0. The second-order valence-electron chi connectivity index (χ2n) is 11.8. The predicted octanol–water partition coefficient (Wildman–Crippen LogP) is 3.94. The van der Waals surface area contributed by atoms with Crippen LogP contribution >= 0.6 is 22.6 Å². The Labute approximate surface area is 264 Å². The molecular weight excluding hydrogens is 651 g/mol. The fraction of sp³-hybridized carbons (Fsp3) is 0.688. The van der Waals surface area contributed by atoms with Gasteiger partial charge in [-0.25, -0.2) is 0 Å². The van der Waals surface area contributed by atoms with Crippen LogP contribution in [0.3, 0.4) is 0 Å². The van der Waals surface area contributed by atoms with Crippen molar-refractivity contribution in [3.8, 4) is 5.75 Å². The molecule has 0 bridgehead atoms. The number of hydrogen-bond acceptors (Lipinski definition) is 7. The maximum Gasteiger partial charge on any atom is 0.248 e. The number of benzene rings is 1. The fourth-order valence-electron chi connectivity index (χ4n) is 5.99. The van der Waals surface area contributed by atoms with E-state index in [-0.39, 0.29) is 44.1 Å². The minimum Gasteiger partial charge on any atom is -0.482 e. The van der Waals surface area contributed by atoms with Crippen LogP contribution in [0.15, 0.2) is 35.9 Å². The van der Waals surface area contributed by atoms with Crippen molar-refractivity contribution in [2.75, 3.05) is 39.5 Å².